The van der Waals surface area contributed by atoms with E-state index in [9.17, 15) is 14.4 Å². The summed E-state index contributed by atoms with van der Waals surface area (Å²) < 4.78 is 5.16. The monoisotopic (exact) mass is 421 g/mol. The zero-order valence-electron chi connectivity index (χ0n) is 17.7. The van der Waals surface area contributed by atoms with Crippen molar-refractivity contribution >= 4 is 29.1 Å². The van der Waals surface area contributed by atoms with Crippen LogP contribution in [0.25, 0.3) is 0 Å². The first-order valence-electron chi connectivity index (χ1n) is 10.7. The molecule has 4 rings (SSSR count). The number of amides is 3. The summed E-state index contributed by atoms with van der Waals surface area (Å²) in [5.74, 6) is -0.170. The van der Waals surface area contributed by atoms with Crippen LogP contribution in [0.3, 0.4) is 0 Å². The molecule has 2 heterocycles. The maximum absolute atomic E-state index is 13.0. The quantitative estimate of drug-likeness (QED) is 0.803. The smallest absolute Gasteiger partial charge is 0.255 e. The van der Waals surface area contributed by atoms with Gasteiger partial charge in [0.25, 0.3) is 5.91 Å². The molecule has 7 nitrogen and oxygen atoms in total. The van der Waals surface area contributed by atoms with Crippen molar-refractivity contribution in [2.45, 2.75) is 25.7 Å². The predicted octanol–water partition coefficient (Wildman–Crippen LogP) is 3.31. The van der Waals surface area contributed by atoms with Crippen LogP contribution in [-0.2, 0) is 9.59 Å². The van der Waals surface area contributed by atoms with E-state index in [1.165, 1.54) is 0 Å². The summed E-state index contributed by atoms with van der Waals surface area (Å²) >= 11 is 0. The Morgan fingerprint density at radius 2 is 1.71 bits per heavy atom. The number of carbonyl (C=O) groups is 3. The molecule has 7 heteroatoms. The van der Waals surface area contributed by atoms with Crippen LogP contribution in [0.1, 0.15) is 36.0 Å². The van der Waals surface area contributed by atoms with Crippen LogP contribution < -0.4 is 15.0 Å². The second-order valence-corrected chi connectivity index (χ2v) is 7.99. The lowest BCUT2D eigenvalue weighted by Crippen LogP contribution is -2.36. The molecule has 2 aromatic carbocycles. The van der Waals surface area contributed by atoms with Gasteiger partial charge in [-0.1, -0.05) is 12.1 Å². The summed E-state index contributed by atoms with van der Waals surface area (Å²) in [6.45, 7) is 1.79. The molecule has 2 aliphatic rings. The first-order chi connectivity index (χ1) is 15.1. The average molecular weight is 421 g/mol. The van der Waals surface area contributed by atoms with Crippen molar-refractivity contribution in [3.05, 3.63) is 54.1 Å². The number of hydrogen-bond donors (Lipinski definition) is 1. The topological polar surface area (TPSA) is 79.0 Å². The molecule has 0 spiro atoms. The minimum Gasteiger partial charge on any atom is -0.497 e. The van der Waals surface area contributed by atoms with Gasteiger partial charge in [0.1, 0.15) is 5.75 Å². The fraction of sp³-hybridized carbons (Fsp3) is 0.375. The molecule has 31 heavy (non-hydrogen) atoms. The molecule has 1 N–H and O–H groups in total. The van der Waals surface area contributed by atoms with Gasteiger partial charge in [-0.3, -0.25) is 14.4 Å². The molecular formula is C24H27N3O4. The number of likely N-dealkylation sites (tertiary alicyclic amines) is 1. The lowest BCUT2D eigenvalue weighted by Gasteiger charge is -2.27. The Morgan fingerprint density at radius 1 is 1.00 bits per heavy atom. The lowest BCUT2D eigenvalue weighted by molar-refractivity contribution is -0.122. The molecule has 162 valence electrons. The van der Waals surface area contributed by atoms with Crippen LogP contribution in [0.5, 0.6) is 5.75 Å². The van der Waals surface area contributed by atoms with E-state index in [4.69, 9.17) is 4.74 Å². The van der Waals surface area contributed by atoms with E-state index in [1.807, 2.05) is 17.0 Å². The summed E-state index contributed by atoms with van der Waals surface area (Å²) in [6.07, 6.45) is 3.29. The zero-order chi connectivity index (χ0) is 21.8. The van der Waals surface area contributed by atoms with Gasteiger partial charge in [-0.2, -0.15) is 0 Å². The van der Waals surface area contributed by atoms with Gasteiger partial charge in [-0.15, -0.1) is 0 Å². The van der Waals surface area contributed by atoms with Gasteiger partial charge < -0.3 is 19.9 Å². The zero-order valence-corrected chi connectivity index (χ0v) is 17.7. The van der Waals surface area contributed by atoms with Crippen molar-refractivity contribution in [1.82, 2.24) is 4.90 Å². The Balaban J connectivity index is 1.45. The molecule has 0 bridgehead atoms. The fourth-order valence-corrected chi connectivity index (χ4v) is 4.18. The first kappa shape index (κ1) is 20.9. The second-order valence-electron chi connectivity index (χ2n) is 7.99. The predicted molar refractivity (Wildman–Crippen MR) is 118 cm³/mol. The van der Waals surface area contributed by atoms with E-state index in [1.54, 1.807) is 48.4 Å². The highest BCUT2D eigenvalue weighted by Gasteiger charge is 2.35. The van der Waals surface area contributed by atoms with Crippen molar-refractivity contribution in [2.24, 2.45) is 5.92 Å². The summed E-state index contributed by atoms with van der Waals surface area (Å²) in [4.78, 5) is 41.9. The molecule has 2 aliphatic heterocycles. The van der Waals surface area contributed by atoms with Crippen LogP contribution >= 0.6 is 0 Å². The summed E-state index contributed by atoms with van der Waals surface area (Å²) in [7, 11) is 1.59. The molecule has 2 aromatic rings. The number of hydrogen-bond acceptors (Lipinski definition) is 4. The number of methoxy groups -OCH3 is 1. The number of anilines is 2. The average Bonchev–Trinajstić information content (AvgIpc) is 3.21. The third-order valence-electron chi connectivity index (χ3n) is 5.94. The van der Waals surface area contributed by atoms with Gasteiger partial charge in [0.2, 0.25) is 11.8 Å². The molecule has 3 amide bonds. The fourth-order valence-electron chi connectivity index (χ4n) is 4.18. The molecule has 1 atom stereocenters. The van der Waals surface area contributed by atoms with Gasteiger partial charge in [-0.05, 0) is 55.7 Å². The Kier molecular flexibility index (Phi) is 6.21. The minimum absolute atomic E-state index is 0.0574. The third-order valence-corrected chi connectivity index (χ3v) is 5.94. The van der Waals surface area contributed by atoms with Crippen LogP contribution in [0.2, 0.25) is 0 Å². The Bertz CT molecular complexity index is 967. The van der Waals surface area contributed by atoms with Gasteiger partial charge in [0, 0.05) is 31.7 Å². The van der Waals surface area contributed by atoms with Crippen LogP contribution in [0.15, 0.2) is 48.5 Å². The number of benzene rings is 2. The number of rotatable bonds is 5. The standard InChI is InChI=1S/C24H27N3O4/c1-31-19-11-9-18(10-12-19)27-16-17(15-22(27)28)23(29)25-21-8-4-3-7-20(21)24(30)26-13-5-2-6-14-26/h3-4,7-12,17H,2,5-6,13-16H2,1H3,(H,25,29). The molecule has 0 saturated carbocycles. The molecule has 0 aromatic heterocycles. The van der Waals surface area contributed by atoms with Crippen LogP contribution in [0.4, 0.5) is 11.4 Å². The van der Waals surface area contributed by atoms with Crippen molar-refractivity contribution in [2.75, 3.05) is 37.0 Å². The number of ether oxygens (including phenoxy) is 1. The Hall–Kier alpha value is -3.35. The number of para-hydroxylation sites is 1. The Morgan fingerprint density at radius 3 is 2.42 bits per heavy atom. The van der Waals surface area contributed by atoms with Crippen LogP contribution in [0, 0.1) is 5.92 Å². The van der Waals surface area contributed by atoms with Crippen molar-refractivity contribution in [1.29, 1.82) is 0 Å². The second kappa shape index (κ2) is 9.20. The molecule has 2 saturated heterocycles. The molecular weight excluding hydrogens is 394 g/mol. The SMILES string of the molecule is COc1ccc(N2CC(C(=O)Nc3ccccc3C(=O)N3CCCCC3)CC2=O)cc1. The van der Waals surface area contributed by atoms with Crippen LogP contribution in [-0.4, -0.2) is 49.4 Å². The van der Waals surface area contributed by atoms with Gasteiger partial charge in [-0.25, -0.2) is 0 Å². The summed E-state index contributed by atoms with van der Waals surface area (Å²) in [6, 6.07) is 14.3. The Labute approximate surface area is 182 Å². The van der Waals surface area contributed by atoms with Crippen molar-refractivity contribution in [3.8, 4) is 5.75 Å². The number of nitrogens with zero attached hydrogens (tertiary/aromatic N) is 2. The maximum atomic E-state index is 13.0. The highest BCUT2D eigenvalue weighted by molar-refractivity contribution is 6.07. The first-order valence-corrected chi connectivity index (χ1v) is 10.7. The molecule has 0 radical (unpaired) electrons. The highest BCUT2D eigenvalue weighted by atomic mass is 16.5. The van der Waals surface area contributed by atoms with Crippen molar-refractivity contribution in [3.63, 3.8) is 0 Å². The molecule has 2 fully saturated rings. The van der Waals surface area contributed by atoms with E-state index in [2.05, 4.69) is 5.32 Å². The minimum atomic E-state index is -0.479. The third kappa shape index (κ3) is 4.55. The van der Waals surface area contributed by atoms with E-state index in [0.717, 1.165) is 38.0 Å². The summed E-state index contributed by atoms with van der Waals surface area (Å²) in [5, 5.41) is 2.90. The number of carbonyl (C=O) groups excluding carboxylic acids is 3. The molecule has 1 unspecified atom stereocenters. The summed E-state index contributed by atoms with van der Waals surface area (Å²) in [5.41, 5.74) is 1.73. The normalized spacial score (nSPS) is 18.7. The van der Waals surface area contributed by atoms with E-state index >= 15 is 0 Å². The van der Waals surface area contributed by atoms with E-state index < -0.39 is 5.92 Å². The largest absolute Gasteiger partial charge is 0.497 e. The number of piperidine rings is 1. The van der Waals surface area contributed by atoms with E-state index in [-0.39, 0.29) is 24.1 Å². The van der Waals surface area contributed by atoms with Gasteiger partial charge in [0.15, 0.2) is 0 Å². The highest BCUT2D eigenvalue weighted by Crippen LogP contribution is 2.28. The van der Waals surface area contributed by atoms with E-state index in [0.29, 0.717) is 23.5 Å². The maximum Gasteiger partial charge on any atom is 0.255 e. The van der Waals surface area contributed by atoms with Gasteiger partial charge >= 0.3 is 0 Å². The lowest BCUT2D eigenvalue weighted by atomic mass is 10.1. The van der Waals surface area contributed by atoms with Crippen molar-refractivity contribution < 1.29 is 19.1 Å². The van der Waals surface area contributed by atoms with Gasteiger partial charge in [0.05, 0.1) is 24.3 Å². The number of nitrogens with one attached hydrogen (secondary N) is 1. The molecule has 0 aliphatic carbocycles.